The van der Waals surface area contributed by atoms with E-state index < -0.39 is 6.04 Å². The zero-order valence-corrected chi connectivity index (χ0v) is 17.9. The van der Waals surface area contributed by atoms with Crippen LogP contribution >= 0.6 is 0 Å². The van der Waals surface area contributed by atoms with Crippen LogP contribution < -0.4 is 10.6 Å². The number of hydrogen-bond donors (Lipinski definition) is 2. The molecule has 1 atom stereocenters. The third kappa shape index (κ3) is 4.42. The number of nitrogens with one attached hydrogen (secondary N) is 2. The van der Waals surface area contributed by atoms with E-state index in [2.05, 4.69) is 29.4 Å². The van der Waals surface area contributed by atoms with Crippen LogP contribution in [0.4, 0.5) is 0 Å². The highest BCUT2D eigenvalue weighted by Crippen LogP contribution is 2.30. The van der Waals surface area contributed by atoms with Gasteiger partial charge in [-0.05, 0) is 55.9 Å². The van der Waals surface area contributed by atoms with Crippen LogP contribution in [-0.2, 0) is 22.7 Å². The first kappa shape index (κ1) is 21.0. The smallest absolute Gasteiger partial charge is 0.255 e. The maximum Gasteiger partial charge on any atom is 0.255 e. The number of rotatable bonds is 6. The molecule has 2 saturated heterocycles. The molecule has 0 saturated carbocycles. The second kappa shape index (κ2) is 8.86. The molecule has 3 heterocycles. The number of piperidine rings is 2. The summed E-state index contributed by atoms with van der Waals surface area (Å²) in [6, 6.07) is 6.04. The van der Waals surface area contributed by atoms with Crippen molar-refractivity contribution < 1.29 is 14.4 Å². The first-order chi connectivity index (χ1) is 14.4. The SMILES string of the molecule is CC(C)CNC1CCN(Cc2cccc3c2C(=O)N(C2CCC(=O)NC2=O)C3)CC1. The summed E-state index contributed by atoms with van der Waals surface area (Å²) in [5.41, 5.74) is 2.78. The molecule has 3 aliphatic rings. The molecule has 0 radical (unpaired) electrons. The Kier molecular flexibility index (Phi) is 6.20. The zero-order valence-electron chi connectivity index (χ0n) is 17.9. The van der Waals surface area contributed by atoms with E-state index in [-0.39, 0.29) is 24.1 Å². The second-order valence-electron chi connectivity index (χ2n) is 9.20. The average Bonchev–Trinajstić information content (AvgIpc) is 3.05. The van der Waals surface area contributed by atoms with E-state index in [1.807, 2.05) is 18.2 Å². The average molecular weight is 413 g/mol. The van der Waals surface area contributed by atoms with E-state index in [1.165, 1.54) is 0 Å². The van der Waals surface area contributed by atoms with Crippen LogP contribution in [0.2, 0.25) is 0 Å². The molecule has 7 heteroatoms. The fraction of sp³-hybridized carbons (Fsp3) is 0.609. The van der Waals surface area contributed by atoms with Crippen molar-refractivity contribution in [2.45, 2.75) is 64.7 Å². The van der Waals surface area contributed by atoms with Gasteiger partial charge in [-0.1, -0.05) is 32.0 Å². The van der Waals surface area contributed by atoms with Gasteiger partial charge in [-0.15, -0.1) is 0 Å². The van der Waals surface area contributed by atoms with E-state index >= 15 is 0 Å². The monoisotopic (exact) mass is 412 g/mol. The van der Waals surface area contributed by atoms with Crippen LogP contribution in [0.5, 0.6) is 0 Å². The summed E-state index contributed by atoms with van der Waals surface area (Å²) < 4.78 is 0. The van der Waals surface area contributed by atoms with Gasteiger partial charge in [0.15, 0.2) is 0 Å². The Morgan fingerprint density at radius 3 is 2.60 bits per heavy atom. The molecule has 1 aromatic rings. The van der Waals surface area contributed by atoms with Crippen molar-refractivity contribution in [2.75, 3.05) is 19.6 Å². The Balaban J connectivity index is 1.40. The van der Waals surface area contributed by atoms with E-state index in [1.54, 1.807) is 4.90 Å². The van der Waals surface area contributed by atoms with E-state index in [9.17, 15) is 14.4 Å². The predicted octanol–water partition coefficient (Wildman–Crippen LogP) is 1.66. The highest BCUT2D eigenvalue weighted by molar-refractivity contribution is 6.05. The lowest BCUT2D eigenvalue weighted by Crippen LogP contribution is -2.52. The van der Waals surface area contributed by atoms with Crippen LogP contribution in [0.25, 0.3) is 0 Å². The summed E-state index contributed by atoms with van der Waals surface area (Å²) in [5.74, 6) is -0.0332. The summed E-state index contributed by atoms with van der Waals surface area (Å²) in [7, 11) is 0. The van der Waals surface area contributed by atoms with Crippen molar-refractivity contribution in [3.8, 4) is 0 Å². The number of benzene rings is 1. The van der Waals surface area contributed by atoms with Crippen molar-refractivity contribution in [1.82, 2.24) is 20.4 Å². The molecule has 162 valence electrons. The molecule has 0 aromatic heterocycles. The lowest BCUT2D eigenvalue weighted by atomic mass is 10.00. The van der Waals surface area contributed by atoms with E-state index in [4.69, 9.17) is 0 Å². The molecular formula is C23H32N4O3. The van der Waals surface area contributed by atoms with E-state index in [0.717, 1.165) is 55.7 Å². The van der Waals surface area contributed by atoms with Crippen LogP contribution in [0, 0.1) is 5.92 Å². The third-order valence-electron chi connectivity index (χ3n) is 6.44. The number of nitrogens with zero attached hydrogens (tertiary/aromatic N) is 2. The lowest BCUT2D eigenvalue weighted by Gasteiger charge is -2.33. The molecule has 3 aliphatic heterocycles. The number of imide groups is 1. The van der Waals surface area contributed by atoms with Crippen LogP contribution in [0.3, 0.4) is 0 Å². The number of fused-ring (bicyclic) bond motifs is 1. The van der Waals surface area contributed by atoms with Gasteiger partial charge in [0.25, 0.3) is 5.91 Å². The van der Waals surface area contributed by atoms with Gasteiger partial charge in [-0.3, -0.25) is 24.6 Å². The number of likely N-dealkylation sites (tertiary alicyclic amines) is 1. The normalized spacial score (nSPS) is 23.2. The van der Waals surface area contributed by atoms with Crippen LogP contribution in [0.1, 0.15) is 61.0 Å². The summed E-state index contributed by atoms with van der Waals surface area (Å²) in [4.78, 5) is 41.0. The quantitative estimate of drug-likeness (QED) is 0.695. The van der Waals surface area contributed by atoms with Crippen molar-refractivity contribution in [1.29, 1.82) is 0 Å². The maximum absolute atomic E-state index is 13.2. The molecule has 1 aromatic carbocycles. The molecular weight excluding hydrogens is 380 g/mol. The topological polar surface area (TPSA) is 81.8 Å². The minimum Gasteiger partial charge on any atom is -0.322 e. The fourth-order valence-corrected chi connectivity index (χ4v) is 4.76. The highest BCUT2D eigenvalue weighted by Gasteiger charge is 2.40. The van der Waals surface area contributed by atoms with Crippen molar-refractivity contribution >= 4 is 17.7 Å². The van der Waals surface area contributed by atoms with Gasteiger partial charge in [0.1, 0.15) is 6.04 Å². The number of hydrogen-bond acceptors (Lipinski definition) is 5. The van der Waals surface area contributed by atoms with Gasteiger partial charge in [0.2, 0.25) is 11.8 Å². The van der Waals surface area contributed by atoms with Gasteiger partial charge in [-0.25, -0.2) is 0 Å². The van der Waals surface area contributed by atoms with Crippen LogP contribution in [0.15, 0.2) is 18.2 Å². The molecule has 1 unspecified atom stereocenters. The van der Waals surface area contributed by atoms with Gasteiger partial charge in [0, 0.05) is 31.1 Å². The van der Waals surface area contributed by atoms with Crippen molar-refractivity contribution in [3.05, 3.63) is 34.9 Å². The third-order valence-corrected chi connectivity index (χ3v) is 6.44. The fourth-order valence-electron chi connectivity index (χ4n) is 4.76. The highest BCUT2D eigenvalue weighted by atomic mass is 16.2. The van der Waals surface area contributed by atoms with Crippen LogP contribution in [-0.4, -0.2) is 59.2 Å². The lowest BCUT2D eigenvalue weighted by molar-refractivity contribution is -0.136. The number of carbonyl (C=O) groups is 3. The molecule has 0 spiro atoms. The summed E-state index contributed by atoms with van der Waals surface area (Å²) >= 11 is 0. The van der Waals surface area contributed by atoms with Crippen molar-refractivity contribution in [3.63, 3.8) is 0 Å². The largest absolute Gasteiger partial charge is 0.322 e. The minimum absolute atomic E-state index is 0.0800. The number of amides is 3. The molecule has 2 N–H and O–H groups in total. The Morgan fingerprint density at radius 2 is 1.90 bits per heavy atom. The second-order valence-corrected chi connectivity index (χ2v) is 9.20. The summed E-state index contributed by atoms with van der Waals surface area (Å²) in [5, 5.41) is 6.02. The van der Waals surface area contributed by atoms with Gasteiger partial charge in [-0.2, -0.15) is 0 Å². The Hall–Kier alpha value is -2.25. The standard InChI is InChI=1S/C23H32N4O3/c1-15(2)12-24-18-8-10-26(11-9-18)13-16-4-3-5-17-14-27(23(30)21(16)17)19-6-7-20(28)25-22(19)29/h3-5,15,18-19,24H,6-14H2,1-2H3,(H,25,28,29). The Bertz CT molecular complexity index is 830. The van der Waals surface area contributed by atoms with E-state index in [0.29, 0.717) is 24.9 Å². The first-order valence-electron chi connectivity index (χ1n) is 11.1. The first-order valence-corrected chi connectivity index (χ1v) is 11.1. The van der Waals surface area contributed by atoms with Gasteiger partial charge >= 0.3 is 0 Å². The summed E-state index contributed by atoms with van der Waals surface area (Å²) in [6.07, 6.45) is 2.93. The molecule has 30 heavy (non-hydrogen) atoms. The summed E-state index contributed by atoms with van der Waals surface area (Å²) in [6.45, 7) is 8.75. The molecule has 0 aliphatic carbocycles. The minimum atomic E-state index is -0.557. The van der Waals surface area contributed by atoms with Crippen molar-refractivity contribution in [2.24, 2.45) is 5.92 Å². The van der Waals surface area contributed by atoms with Gasteiger partial charge < -0.3 is 10.2 Å². The Morgan fingerprint density at radius 1 is 1.13 bits per heavy atom. The Labute approximate surface area is 178 Å². The maximum atomic E-state index is 13.2. The molecule has 4 rings (SSSR count). The molecule has 7 nitrogen and oxygen atoms in total. The molecule has 2 fully saturated rings. The molecule has 3 amide bonds. The predicted molar refractivity (Wildman–Crippen MR) is 114 cm³/mol. The zero-order chi connectivity index (χ0) is 21.3. The van der Waals surface area contributed by atoms with Gasteiger partial charge in [0.05, 0.1) is 0 Å². The molecule has 0 bridgehead atoms. The number of carbonyl (C=O) groups excluding carboxylic acids is 3.